The zero-order valence-electron chi connectivity index (χ0n) is 12.1. The number of carbonyl (C=O) groups is 2. The van der Waals surface area contributed by atoms with Crippen LogP contribution in [0.4, 0.5) is 0 Å². The summed E-state index contributed by atoms with van der Waals surface area (Å²) < 4.78 is 0. The van der Waals surface area contributed by atoms with Gasteiger partial charge >= 0.3 is 5.97 Å². The fraction of sp³-hybridized carbons (Fsp3) is 0.867. The SMILES string of the molecule is CC1CCCC(CO)(NC(=O)C2CCCC2C(=O)O)C1. The van der Waals surface area contributed by atoms with Crippen LogP contribution in [0.3, 0.4) is 0 Å². The molecule has 0 aliphatic heterocycles. The van der Waals surface area contributed by atoms with Crippen molar-refractivity contribution in [1.29, 1.82) is 0 Å². The first kappa shape index (κ1) is 15.3. The highest BCUT2D eigenvalue weighted by Crippen LogP contribution is 2.35. The minimum atomic E-state index is -0.877. The number of aliphatic hydroxyl groups is 1. The van der Waals surface area contributed by atoms with Crippen molar-refractivity contribution in [1.82, 2.24) is 5.32 Å². The number of hydrogen-bond acceptors (Lipinski definition) is 3. The second kappa shape index (κ2) is 6.12. The summed E-state index contributed by atoms with van der Waals surface area (Å²) in [6.07, 6.45) is 5.69. The van der Waals surface area contributed by atoms with Crippen molar-refractivity contribution in [3.05, 3.63) is 0 Å². The Morgan fingerprint density at radius 3 is 2.50 bits per heavy atom. The summed E-state index contributed by atoms with van der Waals surface area (Å²) >= 11 is 0. The molecule has 2 aliphatic rings. The lowest BCUT2D eigenvalue weighted by Crippen LogP contribution is -2.55. The molecule has 5 heteroatoms. The smallest absolute Gasteiger partial charge is 0.307 e. The van der Waals surface area contributed by atoms with Gasteiger partial charge in [-0.25, -0.2) is 0 Å². The van der Waals surface area contributed by atoms with E-state index in [0.717, 1.165) is 32.1 Å². The van der Waals surface area contributed by atoms with Crippen LogP contribution in [0, 0.1) is 17.8 Å². The third-order valence-electron chi connectivity index (χ3n) is 4.95. The Labute approximate surface area is 119 Å². The first-order chi connectivity index (χ1) is 9.47. The molecule has 0 saturated heterocycles. The fourth-order valence-corrected chi connectivity index (χ4v) is 3.88. The third-order valence-corrected chi connectivity index (χ3v) is 4.95. The third kappa shape index (κ3) is 3.14. The maximum absolute atomic E-state index is 12.4. The van der Waals surface area contributed by atoms with Crippen LogP contribution < -0.4 is 5.32 Å². The number of hydrogen-bond donors (Lipinski definition) is 3. The molecule has 4 unspecified atom stereocenters. The summed E-state index contributed by atoms with van der Waals surface area (Å²) in [6.45, 7) is 2.07. The number of amides is 1. The van der Waals surface area contributed by atoms with E-state index in [-0.39, 0.29) is 12.5 Å². The Morgan fingerprint density at radius 2 is 1.90 bits per heavy atom. The molecule has 4 atom stereocenters. The number of aliphatic hydroxyl groups excluding tert-OH is 1. The number of carboxylic acids is 1. The molecule has 0 heterocycles. The van der Waals surface area contributed by atoms with Gasteiger partial charge in [-0.15, -0.1) is 0 Å². The fourth-order valence-electron chi connectivity index (χ4n) is 3.88. The highest BCUT2D eigenvalue weighted by molar-refractivity contribution is 5.85. The molecule has 0 aromatic carbocycles. The number of carboxylic acid groups (broad SMARTS) is 1. The standard InChI is InChI=1S/C15H25NO4/c1-10-4-3-7-15(8-10,9-17)16-13(18)11-5-2-6-12(11)14(19)20/h10-12,17H,2-9H2,1H3,(H,16,18)(H,19,20). The van der Waals surface area contributed by atoms with Crippen molar-refractivity contribution in [2.45, 2.75) is 57.4 Å². The lowest BCUT2D eigenvalue weighted by molar-refractivity contribution is -0.146. The largest absolute Gasteiger partial charge is 0.481 e. The van der Waals surface area contributed by atoms with E-state index < -0.39 is 23.3 Å². The second-order valence-corrected chi connectivity index (χ2v) is 6.61. The lowest BCUT2D eigenvalue weighted by Gasteiger charge is -2.40. The molecule has 2 fully saturated rings. The van der Waals surface area contributed by atoms with Crippen molar-refractivity contribution in [3.8, 4) is 0 Å². The van der Waals surface area contributed by atoms with E-state index in [1.54, 1.807) is 0 Å². The average Bonchev–Trinajstić information content (AvgIpc) is 2.88. The molecule has 0 aromatic rings. The second-order valence-electron chi connectivity index (χ2n) is 6.61. The van der Waals surface area contributed by atoms with Crippen molar-refractivity contribution < 1.29 is 19.8 Å². The van der Waals surface area contributed by atoms with Crippen molar-refractivity contribution in [2.24, 2.45) is 17.8 Å². The van der Waals surface area contributed by atoms with Gasteiger partial charge in [-0.05, 0) is 31.6 Å². The molecular weight excluding hydrogens is 258 g/mol. The van der Waals surface area contributed by atoms with E-state index >= 15 is 0 Å². The zero-order chi connectivity index (χ0) is 14.8. The Bertz CT molecular complexity index is 384. The molecule has 5 nitrogen and oxygen atoms in total. The zero-order valence-corrected chi connectivity index (χ0v) is 12.1. The topological polar surface area (TPSA) is 86.6 Å². The van der Waals surface area contributed by atoms with Gasteiger partial charge in [0.15, 0.2) is 0 Å². The van der Waals surface area contributed by atoms with Crippen LogP contribution >= 0.6 is 0 Å². The van der Waals surface area contributed by atoms with Gasteiger partial charge in [-0.3, -0.25) is 9.59 Å². The van der Waals surface area contributed by atoms with Crippen LogP contribution in [-0.4, -0.2) is 34.2 Å². The van der Waals surface area contributed by atoms with Gasteiger partial charge in [-0.1, -0.05) is 26.2 Å². The molecule has 2 saturated carbocycles. The highest BCUT2D eigenvalue weighted by atomic mass is 16.4. The van der Waals surface area contributed by atoms with E-state index in [2.05, 4.69) is 12.2 Å². The van der Waals surface area contributed by atoms with Crippen molar-refractivity contribution in [2.75, 3.05) is 6.61 Å². The van der Waals surface area contributed by atoms with Crippen LogP contribution in [0.2, 0.25) is 0 Å². The molecular formula is C15H25NO4. The molecule has 2 rings (SSSR count). The van der Waals surface area contributed by atoms with Crippen LogP contribution in [0.25, 0.3) is 0 Å². The number of nitrogens with one attached hydrogen (secondary N) is 1. The van der Waals surface area contributed by atoms with E-state index in [9.17, 15) is 19.8 Å². The minimum Gasteiger partial charge on any atom is -0.481 e. The van der Waals surface area contributed by atoms with Gasteiger partial charge in [0.2, 0.25) is 5.91 Å². The first-order valence-corrected chi connectivity index (χ1v) is 7.63. The molecule has 1 amide bonds. The summed E-state index contributed by atoms with van der Waals surface area (Å²) in [5.74, 6) is -1.58. The summed E-state index contributed by atoms with van der Waals surface area (Å²) in [7, 11) is 0. The molecule has 0 spiro atoms. The van der Waals surface area contributed by atoms with E-state index in [4.69, 9.17) is 0 Å². The summed E-state index contributed by atoms with van der Waals surface area (Å²) in [5.41, 5.74) is -0.541. The van der Waals surface area contributed by atoms with Gasteiger partial charge in [0.25, 0.3) is 0 Å². The number of rotatable bonds is 4. The Hall–Kier alpha value is -1.10. The van der Waals surface area contributed by atoms with Crippen molar-refractivity contribution >= 4 is 11.9 Å². The molecule has 0 radical (unpaired) electrons. The van der Waals surface area contributed by atoms with Gasteiger partial charge in [0, 0.05) is 0 Å². The van der Waals surface area contributed by atoms with Crippen LogP contribution in [-0.2, 0) is 9.59 Å². The van der Waals surface area contributed by atoms with Gasteiger partial charge in [0.1, 0.15) is 0 Å². The normalized spacial score (nSPS) is 37.6. The van der Waals surface area contributed by atoms with E-state index in [1.165, 1.54) is 0 Å². The lowest BCUT2D eigenvalue weighted by atomic mass is 9.76. The van der Waals surface area contributed by atoms with Crippen LogP contribution in [0.1, 0.15) is 51.9 Å². The van der Waals surface area contributed by atoms with Crippen LogP contribution in [0.5, 0.6) is 0 Å². The number of carbonyl (C=O) groups excluding carboxylic acids is 1. The molecule has 114 valence electrons. The predicted molar refractivity (Wildman–Crippen MR) is 74.1 cm³/mol. The summed E-state index contributed by atoms with van der Waals surface area (Å²) in [5, 5.41) is 21.9. The molecule has 3 N–H and O–H groups in total. The maximum Gasteiger partial charge on any atom is 0.307 e. The summed E-state index contributed by atoms with van der Waals surface area (Å²) in [4.78, 5) is 23.6. The Morgan fingerprint density at radius 1 is 1.20 bits per heavy atom. The van der Waals surface area contributed by atoms with Gasteiger partial charge in [-0.2, -0.15) is 0 Å². The minimum absolute atomic E-state index is 0.0620. The highest BCUT2D eigenvalue weighted by Gasteiger charge is 2.42. The number of aliphatic carboxylic acids is 1. The van der Waals surface area contributed by atoms with E-state index in [1.807, 2.05) is 0 Å². The molecule has 0 aromatic heterocycles. The monoisotopic (exact) mass is 283 g/mol. The molecule has 20 heavy (non-hydrogen) atoms. The average molecular weight is 283 g/mol. The predicted octanol–water partition coefficient (Wildman–Crippen LogP) is 1.54. The first-order valence-electron chi connectivity index (χ1n) is 7.63. The van der Waals surface area contributed by atoms with Crippen LogP contribution in [0.15, 0.2) is 0 Å². The van der Waals surface area contributed by atoms with Gasteiger partial charge in [0.05, 0.1) is 24.0 Å². The Kier molecular flexibility index (Phi) is 4.68. The van der Waals surface area contributed by atoms with E-state index in [0.29, 0.717) is 18.8 Å². The maximum atomic E-state index is 12.4. The van der Waals surface area contributed by atoms with Gasteiger partial charge < -0.3 is 15.5 Å². The molecule has 2 aliphatic carbocycles. The quantitative estimate of drug-likeness (QED) is 0.730. The molecule has 0 bridgehead atoms. The summed E-state index contributed by atoms with van der Waals surface area (Å²) in [6, 6.07) is 0. The van der Waals surface area contributed by atoms with Crippen molar-refractivity contribution in [3.63, 3.8) is 0 Å². The Balaban J connectivity index is 2.03.